The van der Waals surface area contributed by atoms with Crippen LogP contribution in [0.1, 0.15) is 12.8 Å². The molecule has 0 bridgehead atoms. The fourth-order valence-electron chi connectivity index (χ4n) is 1.53. The van der Waals surface area contributed by atoms with E-state index in [-0.39, 0.29) is 5.91 Å². The zero-order chi connectivity index (χ0) is 13.5. The van der Waals surface area contributed by atoms with Gasteiger partial charge in [0.05, 0.1) is 25.6 Å². The van der Waals surface area contributed by atoms with Crippen molar-refractivity contribution >= 4 is 17.3 Å². The number of anilines is 2. The smallest absolute Gasteiger partial charge is 0.217 e. The van der Waals surface area contributed by atoms with Gasteiger partial charge in [-0.15, -0.1) is 0 Å². The highest BCUT2D eigenvalue weighted by molar-refractivity contribution is 5.74. The lowest BCUT2D eigenvalue weighted by Crippen LogP contribution is -2.13. The van der Waals surface area contributed by atoms with Crippen LogP contribution in [0.2, 0.25) is 0 Å². The molecule has 0 heterocycles. The van der Waals surface area contributed by atoms with Crippen molar-refractivity contribution in [2.75, 3.05) is 31.8 Å². The highest BCUT2D eigenvalue weighted by atomic mass is 16.5. The standard InChI is InChI=1S/C12H19N3O3/c1-17-10-6-8(13)9(7-11(10)18-2)15-5-3-4-12(14)16/h6-7,15H,3-5,13H2,1-2H3,(H2,14,16). The molecule has 0 saturated carbocycles. The summed E-state index contributed by atoms with van der Waals surface area (Å²) >= 11 is 0. The second-order valence-corrected chi connectivity index (χ2v) is 3.79. The molecule has 18 heavy (non-hydrogen) atoms. The normalized spacial score (nSPS) is 9.89. The average molecular weight is 253 g/mol. The van der Waals surface area contributed by atoms with Crippen LogP contribution in [0.4, 0.5) is 11.4 Å². The topological polar surface area (TPSA) is 99.6 Å². The number of amides is 1. The SMILES string of the molecule is COc1cc(N)c(NCCCC(N)=O)cc1OC. The summed E-state index contributed by atoms with van der Waals surface area (Å²) in [7, 11) is 3.11. The van der Waals surface area contributed by atoms with E-state index in [0.717, 1.165) is 5.69 Å². The highest BCUT2D eigenvalue weighted by Crippen LogP contribution is 2.34. The van der Waals surface area contributed by atoms with Crippen molar-refractivity contribution in [3.63, 3.8) is 0 Å². The number of rotatable bonds is 7. The van der Waals surface area contributed by atoms with Crippen LogP contribution in [0.5, 0.6) is 11.5 Å². The quantitative estimate of drug-likeness (QED) is 0.496. The van der Waals surface area contributed by atoms with E-state index in [4.69, 9.17) is 20.9 Å². The third-order valence-electron chi connectivity index (χ3n) is 2.47. The summed E-state index contributed by atoms with van der Waals surface area (Å²) < 4.78 is 10.3. The van der Waals surface area contributed by atoms with E-state index in [2.05, 4.69) is 5.32 Å². The Hall–Kier alpha value is -2.11. The number of ether oxygens (including phenoxy) is 2. The number of primary amides is 1. The van der Waals surface area contributed by atoms with Gasteiger partial charge in [0, 0.05) is 25.1 Å². The molecule has 0 spiro atoms. The Morgan fingerprint density at radius 1 is 1.28 bits per heavy atom. The summed E-state index contributed by atoms with van der Waals surface area (Å²) in [5.41, 5.74) is 12.2. The van der Waals surface area contributed by atoms with Gasteiger partial charge in [-0.3, -0.25) is 4.79 Å². The van der Waals surface area contributed by atoms with Crippen molar-refractivity contribution in [1.29, 1.82) is 0 Å². The number of methoxy groups -OCH3 is 2. The minimum atomic E-state index is -0.308. The molecule has 100 valence electrons. The molecule has 6 heteroatoms. The molecule has 1 aromatic rings. The van der Waals surface area contributed by atoms with Crippen LogP contribution in [-0.4, -0.2) is 26.7 Å². The number of benzene rings is 1. The van der Waals surface area contributed by atoms with Crippen molar-refractivity contribution in [2.24, 2.45) is 5.73 Å². The maximum atomic E-state index is 10.6. The summed E-state index contributed by atoms with van der Waals surface area (Å²) in [6.07, 6.45) is 1.00. The fraction of sp³-hybridized carbons (Fsp3) is 0.417. The summed E-state index contributed by atoms with van der Waals surface area (Å²) in [6.45, 7) is 0.614. The molecule has 1 rings (SSSR count). The molecule has 5 N–H and O–H groups in total. The third kappa shape index (κ3) is 3.73. The Bertz CT molecular complexity index is 421. The molecule has 0 atom stereocenters. The number of nitrogen functional groups attached to an aromatic ring is 1. The van der Waals surface area contributed by atoms with Crippen molar-refractivity contribution in [3.8, 4) is 11.5 Å². The molecule has 0 aromatic heterocycles. The van der Waals surface area contributed by atoms with Crippen molar-refractivity contribution in [1.82, 2.24) is 0 Å². The van der Waals surface area contributed by atoms with Gasteiger partial charge in [-0.2, -0.15) is 0 Å². The minimum absolute atomic E-state index is 0.308. The van der Waals surface area contributed by atoms with E-state index in [9.17, 15) is 4.79 Å². The van der Waals surface area contributed by atoms with Crippen molar-refractivity contribution in [2.45, 2.75) is 12.8 Å². The number of hydrogen-bond donors (Lipinski definition) is 3. The van der Waals surface area contributed by atoms with Gasteiger partial charge in [0.2, 0.25) is 5.91 Å². The molecule has 0 fully saturated rings. The number of hydrogen-bond acceptors (Lipinski definition) is 5. The largest absolute Gasteiger partial charge is 0.493 e. The molecule has 0 aliphatic heterocycles. The molecule has 0 saturated heterocycles. The van der Waals surface area contributed by atoms with Gasteiger partial charge < -0.3 is 26.3 Å². The first kappa shape index (κ1) is 14.0. The van der Waals surface area contributed by atoms with E-state index in [1.54, 1.807) is 26.4 Å². The molecule has 1 amide bonds. The number of carbonyl (C=O) groups is 1. The van der Waals surface area contributed by atoms with Crippen LogP contribution in [0.15, 0.2) is 12.1 Å². The van der Waals surface area contributed by atoms with E-state index in [1.165, 1.54) is 0 Å². The first-order valence-electron chi connectivity index (χ1n) is 5.62. The van der Waals surface area contributed by atoms with Gasteiger partial charge in [-0.05, 0) is 6.42 Å². The van der Waals surface area contributed by atoms with Gasteiger partial charge in [0.25, 0.3) is 0 Å². The second-order valence-electron chi connectivity index (χ2n) is 3.79. The molecule has 0 radical (unpaired) electrons. The van der Waals surface area contributed by atoms with E-state index < -0.39 is 0 Å². The molecule has 1 aromatic carbocycles. The van der Waals surface area contributed by atoms with E-state index in [0.29, 0.717) is 36.6 Å². The van der Waals surface area contributed by atoms with Crippen LogP contribution >= 0.6 is 0 Å². The monoisotopic (exact) mass is 253 g/mol. The lowest BCUT2D eigenvalue weighted by Gasteiger charge is -2.13. The Morgan fingerprint density at radius 3 is 2.44 bits per heavy atom. The van der Waals surface area contributed by atoms with Crippen LogP contribution in [0.25, 0.3) is 0 Å². The Labute approximate surface area is 106 Å². The molecule has 6 nitrogen and oxygen atoms in total. The fourth-order valence-corrected chi connectivity index (χ4v) is 1.53. The zero-order valence-electron chi connectivity index (χ0n) is 10.7. The molecular weight excluding hydrogens is 234 g/mol. The van der Waals surface area contributed by atoms with Gasteiger partial charge in [0.15, 0.2) is 11.5 Å². The molecule has 0 aliphatic carbocycles. The van der Waals surface area contributed by atoms with Crippen LogP contribution in [0.3, 0.4) is 0 Å². The van der Waals surface area contributed by atoms with Crippen molar-refractivity contribution < 1.29 is 14.3 Å². The molecule has 0 aliphatic rings. The van der Waals surface area contributed by atoms with Gasteiger partial charge in [-0.1, -0.05) is 0 Å². The lowest BCUT2D eigenvalue weighted by molar-refractivity contribution is -0.118. The Morgan fingerprint density at radius 2 is 1.89 bits per heavy atom. The van der Waals surface area contributed by atoms with Crippen LogP contribution < -0.4 is 26.3 Å². The van der Waals surface area contributed by atoms with Crippen molar-refractivity contribution in [3.05, 3.63) is 12.1 Å². The molecular formula is C12H19N3O3. The first-order chi connectivity index (χ1) is 8.58. The predicted molar refractivity (Wildman–Crippen MR) is 70.9 cm³/mol. The Kier molecular flexibility index (Phi) is 5.10. The number of nitrogens with one attached hydrogen (secondary N) is 1. The van der Waals surface area contributed by atoms with Gasteiger partial charge in [-0.25, -0.2) is 0 Å². The van der Waals surface area contributed by atoms with Crippen LogP contribution in [0, 0.1) is 0 Å². The number of nitrogens with two attached hydrogens (primary N) is 2. The zero-order valence-corrected chi connectivity index (χ0v) is 10.7. The summed E-state index contributed by atoms with van der Waals surface area (Å²) in [5.74, 6) is 0.874. The third-order valence-corrected chi connectivity index (χ3v) is 2.47. The second kappa shape index (κ2) is 6.58. The molecule has 0 unspecified atom stereocenters. The predicted octanol–water partition coefficient (Wildman–Crippen LogP) is 0.963. The van der Waals surface area contributed by atoms with Gasteiger partial charge in [0.1, 0.15) is 0 Å². The van der Waals surface area contributed by atoms with E-state index in [1.807, 2.05) is 0 Å². The maximum Gasteiger partial charge on any atom is 0.217 e. The summed E-state index contributed by atoms with van der Waals surface area (Å²) in [6, 6.07) is 3.45. The van der Waals surface area contributed by atoms with E-state index >= 15 is 0 Å². The number of carbonyl (C=O) groups excluding carboxylic acids is 1. The first-order valence-corrected chi connectivity index (χ1v) is 5.62. The Balaban J connectivity index is 2.68. The average Bonchev–Trinajstić information content (AvgIpc) is 2.35. The summed E-state index contributed by atoms with van der Waals surface area (Å²) in [5, 5.41) is 3.13. The highest BCUT2D eigenvalue weighted by Gasteiger charge is 2.08. The lowest BCUT2D eigenvalue weighted by atomic mass is 10.2. The maximum absolute atomic E-state index is 10.6. The van der Waals surface area contributed by atoms with Crippen LogP contribution in [-0.2, 0) is 4.79 Å². The summed E-state index contributed by atoms with van der Waals surface area (Å²) in [4.78, 5) is 10.6. The minimum Gasteiger partial charge on any atom is -0.493 e. The van der Waals surface area contributed by atoms with Gasteiger partial charge >= 0.3 is 0 Å².